The minimum atomic E-state index is -0.354. The van der Waals surface area contributed by atoms with Gasteiger partial charge in [-0.05, 0) is 24.6 Å². The molecular weight excluding hydrogens is 218 g/mol. The molecule has 1 aromatic carbocycles. The number of benzene rings is 1. The Hall–Kier alpha value is -2.04. The SMILES string of the molecule is Cc1nc2cc(C3CNC(=O)O3)ccc2n1C. The molecular formula is C12H13N3O2. The molecule has 88 valence electrons. The molecule has 1 amide bonds. The molecule has 1 saturated heterocycles. The van der Waals surface area contributed by atoms with Crippen LogP contribution in [0.3, 0.4) is 0 Å². The standard InChI is InChI=1S/C12H13N3O2/c1-7-14-9-5-8(3-4-10(9)15(7)2)11-6-13-12(16)17-11/h3-5,11H,6H2,1-2H3,(H,13,16). The third kappa shape index (κ3) is 1.54. The second-order valence-electron chi connectivity index (χ2n) is 4.24. The van der Waals surface area contributed by atoms with Crippen molar-refractivity contribution in [3.8, 4) is 0 Å². The van der Waals surface area contributed by atoms with Crippen LogP contribution in [0, 0.1) is 6.92 Å². The van der Waals surface area contributed by atoms with E-state index in [0.717, 1.165) is 22.4 Å². The van der Waals surface area contributed by atoms with Gasteiger partial charge in [-0.15, -0.1) is 0 Å². The smallest absolute Gasteiger partial charge is 0.407 e. The van der Waals surface area contributed by atoms with Crippen LogP contribution in [-0.4, -0.2) is 22.2 Å². The monoisotopic (exact) mass is 231 g/mol. The molecule has 1 N–H and O–H groups in total. The molecule has 2 heterocycles. The van der Waals surface area contributed by atoms with E-state index in [9.17, 15) is 4.79 Å². The lowest BCUT2D eigenvalue weighted by Crippen LogP contribution is -2.12. The summed E-state index contributed by atoms with van der Waals surface area (Å²) < 4.78 is 7.19. The maximum absolute atomic E-state index is 11.0. The van der Waals surface area contributed by atoms with Crippen molar-refractivity contribution in [1.82, 2.24) is 14.9 Å². The molecule has 0 spiro atoms. The first kappa shape index (κ1) is 10.1. The number of nitrogens with zero attached hydrogens (tertiary/aromatic N) is 2. The number of alkyl carbamates (subject to hydrolysis) is 1. The summed E-state index contributed by atoms with van der Waals surface area (Å²) in [6, 6.07) is 5.97. The molecule has 1 atom stereocenters. The number of carbonyl (C=O) groups excluding carboxylic acids is 1. The minimum Gasteiger partial charge on any atom is -0.439 e. The maximum Gasteiger partial charge on any atom is 0.407 e. The highest BCUT2D eigenvalue weighted by molar-refractivity contribution is 5.77. The molecule has 1 aromatic heterocycles. The van der Waals surface area contributed by atoms with Crippen molar-refractivity contribution in [3.63, 3.8) is 0 Å². The zero-order valence-electron chi connectivity index (χ0n) is 9.73. The van der Waals surface area contributed by atoms with Crippen LogP contribution < -0.4 is 5.32 Å². The van der Waals surface area contributed by atoms with E-state index in [-0.39, 0.29) is 12.2 Å². The average molecular weight is 231 g/mol. The van der Waals surface area contributed by atoms with Crippen LogP contribution in [0.1, 0.15) is 17.5 Å². The first-order chi connectivity index (χ1) is 8.15. The number of aryl methyl sites for hydroxylation is 2. The van der Waals surface area contributed by atoms with Gasteiger partial charge in [-0.3, -0.25) is 0 Å². The fourth-order valence-electron chi connectivity index (χ4n) is 2.11. The van der Waals surface area contributed by atoms with Crippen molar-refractivity contribution in [2.75, 3.05) is 6.54 Å². The topological polar surface area (TPSA) is 56.1 Å². The van der Waals surface area contributed by atoms with Gasteiger partial charge in [0.25, 0.3) is 0 Å². The highest BCUT2D eigenvalue weighted by Gasteiger charge is 2.24. The van der Waals surface area contributed by atoms with E-state index in [1.807, 2.05) is 36.7 Å². The average Bonchev–Trinajstić information content (AvgIpc) is 2.85. The summed E-state index contributed by atoms with van der Waals surface area (Å²) in [6.45, 7) is 2.49. The lowest BCUT2D eigenvalue weighted by Gasteiger charge is -2.07. The molecule has 0 bridgehead atoms. The summed E-state index contributed by atoms with van der Waals surface area (Å²) in [6.07, 6.45) is -0.554. The summed E-state index contributed by atoms with van der Waals surface area (Å²) in [4.78, 5) is 15.5. The van der Waals surface area contributed by atoms with E-state index >= 15 is 0 Å². The van der Waals surface area contributed by atoms with Crippen molar-refractivity contribution >= 4 is 17.1 Å². The molecule has 1 aliphatic heterocycles. The number of imidazole rings is 1. The Bertz CT molecular complexity index is 603. The van der Waals surface area contributed by atoms with Crippen LogP contribution in [0.15, 0.2) is 18.2 Å². The van der Waals surface area contributed by atoms with E-state index in [1.165, 1.54) is 0 Å². The third-order valence-corrected chi connectivity index (χ3v) is 3.18. The number of rotatable bonds is 1. The second kappa shape index (κ2) is 3.48. The van der Waals surface area contributed by atoms with Crippen molar-refractivity contribution in [2.24, 2.45) is 7.05 Å². The van der Waals surface area contributed by atoms with Gasteiger partial charge in [-0.25, -0.2) is 9.78 Å². The van der Waals surface area contributed by atoms with Crippen LogP contribution in [0.25, 0.3) is 11.0 Å². The number of hydrogen-bond donors (Lipinski definition) is 1. The second-order valence-corrected chi connectivity index (χ2v) is 4.24. The molecule has 2 aromatic rings. The highest BCUT2D eigenvalue weighted by atomic mass is 16.6. The molecule has 1 fully saturated rings. The summed E-state index contributed by atoms with van der Waals surface area (Å²) >= 11 is 0. The van der Waals surface area contributed by atoms with Gasteiger partial charge in [0.05, 0.1) is 17.6 Å². The number of aromatic nitrogens is 2. The molecule has 5 nitrogen and oxygen atoms in total. The summed E-state index contributed by atoms with van der Waals surface area (Å²) in [5, 5.41) is 2.65. The van der Waals surface area contributed by atoms with Gasteiger partial charge >= 0.3 is 6.09 Å². The van der Waals surface area contributed by atoms with Gasteiger partial charge in [-0.2, -0.15) is 0 Å². The van der Waals surface area contributed by atoms with Crippen LogP contribution in [-0.2, 0) is 11.8 Å². The molecule has 0 saturated carbocycles. The zero-order chi connectivity index (χ0) is 12.0. The molecule has 0 radical (unpaired) electrons. The van der Waals surface area contributed by atoms with E-state index in [0.29, 0.717) is 6.54 Å². The zero-order valence-corrected chi connectivity index (χ0v) is 9.73. The maximum atomic E-state index is 11.0. The quantitative estimate of drug-likeness (QED) is 0.812. The van der Waals surface area contributed by atoms with Crippen molar-refractivity contribution in [2.45, 2.75) is 13.0 Å². The van der Waals surface area contributed by atoms with E-state index in [4.69, 9.17) is 4.74 Å². The largest absolute Gasteiger partial charge is 0.439 e. The first-order valence-corrected chi connectivity index (χ1v) is 5.52. The Kier molecular flexibility index (Phi) is 2.07. The van der Waals surface area contributed by atoms with Crippen molar-refractivity contribution in [1.29, 1.82) is 0 Å². The fraction of sp³-hybridized carbons (Fsp3) is 0.333. The van der Waals surface area contributed by atoms with E-state index in [2.05, 4.69) is 10.3 Å². The Morgan fingerprint density at radius 3 is 3.06 bits per heavy atom. The molecule has 3 rings (SSSR count). The fourth-order valence-corrected chi connectivity index (χ4v) is 2.11. The number of carbonyl (C=O) groups is 1. The summed E-state index contributed by atoms with van der Waals surface area (Å²) in [5.74, 6) is 0.971. The van der Waals surface area contributed by atoms with Crippen molar-refractivity contribution in [3.05, 3.63) is 29.6 Å². The molecule has 0 aliphatic carbocycles. The van der Waals surface area contributed by atoms with Gasteiger partial charge in [0.15, 0.2) is 0 Å². The van der Waals surface area contributed by atoms with Crippen LogP contribution >= 0.6 is 0 Å². The van der Waals surface area contributed by atoms with Gasteiger partial charge in [0, 0.05) is 7.05 Å². The lowest BCUT2D eigenvalue weighted by atomic mass is 10.1. The predicted octanol–water partition coefficient (Wildman–Crippen LogP) is 1.66. The number of amides is 1. The van der Waals surface area contributed by atoms with Crippen LogP contribution in [0.2, 0.25) is 0 Å². The van der Waals surface area contributed by atoms with Gasteiger partial charge in [0.2, 0.25) is 0 Å². The number of nitrogens with one attached hydrogen (secondary N) is 1. The Balaban J connectivity index is 2.05. The number of fused-ring (bicyclic) bond motifs is 1. The number of ether oxygens (including phenoxy) is 1. The van der Waals surface area contributed by atoms with Gasteiger partial charge in [0.1, 0.15) is 11.9 Å². The van der Waals surface area contributed by atoms with Crippen molar-refractivity contribution < 1.29 is 9.53 Å². The number of cyclic esters (lactones) is 1. The Labute approximate surface area is 98.4 Å². The summed E-state index contributed by atoms with van der Waals surface area (Å²) in [7, 11) is 1.99. The number of hydrogen-bond acceptors (Lipinski definition) is 3. The molecule has 5 heteroatoms. The van der Waals surface area contributed by atoms with E-state index in [1.54, 1.807) is 0 Å². The van der Waals surface area contributed by atoms with Gasteiger partial charge < -0.3 is 14.6 Å². The molecule has 17 heavy (non-hydrogen) atoms. The molecule has 1 aliphatic rings. The van der Waals surface area contributed by atoms with Crippen LogP contribution in [0.4, 0.5) is 4.79 Å². The minimum absolute atomic E-state index is 0.200. The first-order valence-electron chi connectivity index (χ1n) is 5.52. The Morgan fingerprint density at radius 2 is 2.35 bits per heavy atom. The highest BCUT2D eigenvalue weighted by Crippen LogP contribution is 2.24. The normalized spacial score (nSPS) is 19.4. The Morgan fingerprint density at radius 1 is 1.53 bits per heavy atom. The van der Waals surface area contributed by atoms with E-state index < -0.39 is 0 Å². The lowest BCUT2D eigenvalue weighted by molar-refractivity contribution is 0.141. The van der Waals surface area contributed by atoms with Crippen LogP contribution in [0.5, 0.6) is 0 Å². The predicted molar refractivity (Wildman–Crippen MR) is 62.7 cm³/mol. The summed E-state index contributed by atoms with van der Waals surface area (Å²) in [5.41, 5.74) is 3.00. The third-order valence-electron chi connectivity index (χ3n) is 3.18. The molecule has 1 unspecified atom stereocenters. The van der Waals surface area contributed by atoms with Gasteiger partial charge in [-0.1, -0.05) is 6.07 Å².